The molecule has 0 saturated carbocycles. The van der Waals surface area contributed by atoms with E-state index in [0.29, 0.717) is 26.2 Å². The maximum absolute atomic E-state index is 12.8. The van der Waals surface area contributed by atoms with Gasteiger partial charge in [-0.05, 0) is 17.7 Å². The molecule has 27 heavy (non-hydrogen) atoms. The minimum Gasteiger partial charge on any atom is -0.467 e. The van der Waals surface area contributed by atoms with E-state index >= 15 is 0 Å². The molecule has 0 bridgehead atoms. The number of methoxy groups -OCH3 is 1. The molecule has 0 radical (unpaired) electrons. The van der Waals surface area contributed by atoms with Crippen LogP contribution in [0, 0.1) is 0 Å². The molecule has 0 spiro atoms. The quantitative estimate of drug-likeness (QED) is 0.675. The number of nitrogens with zero attached hydrogens (tertiary/aromatic N) is 3. The van der Waals surface area contributed by atoms with Gasteiger partial charge in [0.1, 0.15) is 5.76 Å². The summed E-state index contributed by atoms with van der Waals surface area (Å²) in [6.45, 7) is 6.81. The van der Waals surface area contributed by atoms with E-state index in [-0.39, 0.29) is 5.91 Å². The number of rotatable bonds is 9. The Labute approximate surface area is 161 Å². The van der Waals surface area contributed by atoms with Crippen molar-refractivity contribution in [1.82, 2.24) is 14.7 Å². The lowest BCUT2D eigenvalue weighted by molar-refractivity contribution is -0.134. The fourth-order valence-electron chi connectivity index (χ4n) is 3.32. The highest BCUT2D eigenvalue weighted by Crippen LogP contribution is 2.10. The molecule has 6 heteroatoms. The third kappa shape index (κ3) is 6.20. The van der Waals surface area contributed by atoms with Gasteiger partial charge >= 0.3 is 0 Å². The predicted molar refractivity (Wildman–Crippen MR) is 104 cm³/mol. The highest BCUT2D eigenvalue weighted by Gasteiger charge is 2.22. The van der Waals surface area contributed by atoms with Gasteiger partial charge in [-0.1, -0.05) is 30.3 Å². The van der Waals surface area contributed by atoms with Crippen LogP contribution < -0.4 is 0 Å². The molecule has 1 aliphatic heterocycles. The molecule has 0 atom stereocenters. The summed E-state index contributed by atoms with van der Waals surface area (Å²) in [6.07, 6.45) is 1.64. The standard InChI is InChI=1S/C21H29N3O3/c1-26-15-13-24(17-20-8-5-14-27-20)21(25)18-23-11-9-22(10-12-23)16-19-6-3-2-4-7-19/h2-8,14H,9-13,15-18H2,1H3. The van der Waals surface area contributed by atoms with E-state index in [2.05, 4.69) is 34.1 Å². The van der Waals surface area contributed by atoms with Gasteiger partial charge in [0.2, 0.25) is 5.91 Å². The molecular formula is C21H29N3O3. The SMILES string of the molecule is COCCN(Cc1ccco1)C(=O)CN1CCN(Cc2ccccc2)CC1. The smallest absolute Gasteiger partial charge is 0.237 e. The molecule has 3 rings (SSSR count). The number of furan rings is 1. The van der Waals surface area contributed by atoms with E-state index in [9.17, 15) is 4.79 Å². The van der Waals surface area contributed by atoms with Crippen molar-refractivity contribution in [3.8, 4) is 0 Å². The van der Waals surface area contributed by atoms with Crippen molar-refractivity contribution in [2.24, 2.45) is 0 Å². The molecule has 1 amide bonds. The first-order chi connectivity index (χ1) is 13.2. The second-order valence-corrected chi connectivity index (χ2v) is 6.93. The summed E-state index contributed by atoms with van der Waals surface area (Å²) in [5.74, 6) is 0.923. The first kappa shape index (κ1) is 19.6. The van der Waals surface area contributed by atoms with E-state index in [0.717, 1.165) is 38.5 Å². The lowest BCUT2D eigenvalue weighted by atomic mass is 10.2. The van der Waals surface area contributed by atoms with Crippen LogP contribution in [0.4, 0.5) is 0 Å². The second kappa shape index (κ2) is 10.3. The molecule has 6 nitrogen and oxygen atoms in total. The minimum atomic E-state index is 0.125. The molecule has 0 unspecified atom stereocenters. The number of hydrogen-bond acceptors (Lipinski definition) is 5. The van der Waals surface area contributed by atoms with Gasteiger partial charge in [-0.2, -0.15) is 0 Å². The summed E-state index contributed by atoms with van der Waals surface area (Å²) in [5.41, 5.74) is 1.34. The molecule has 1 fully saturated rings. The van der Waals surface area contributed by atoms with Crippen LogP contribution in [0.25, 0.3) is 0 Å². The zero-order valence-corrected chi connectivity index (χ0v) is 16.0. The van der Waals surface area contributed by atoms with Crippen LogP contribution in [0.5, 0.6) is 0 Å². The van der Waals surface area contributed by atoms with Gasteiger partial charge in [-0.15, -0.1) is 0 Å². The Morgan fingerprint density at radius 2 is 1.81 bits per heavy atom. The molecular weight excluding hydrogens is 342 g/mol. The lowest BCUT2D eigenvalue weighted by Gasteiger charge is -2.35. The molecule has 0 aliphatic carbocycles. The lowest BCUT2D eigenvalue weighted by Crippen LogP contribution is -2.50. The Morgan fingerprint density at radius 1 is 1.07 bits per heavy atom. The van der Waals surface area contributed by atoms with Crippen molar-refractivity contribution in [1.29, 1.82) is 0 Å². The Kier molecular flexibility index (Phi) is 7.45. The van der Waals surface area contributed by atoms with Crippen molar-refractivity contribution >= 4 is 5.91 Å². The summed E-state index contributed by atoms with van der Waals surface area (Å²) >= 11 is 0. The van der Waals surface area contributed by atoms with Crippen molar-refractivity contribution in [2.75, 3.05) is 53.0 Å². The zero-order chi connectivity index (χ0) is 18.9. The van der Waals surface area contributed by atoms with Gasteiger partial charge in [0.25, 0.3) is 0 Å². The normalized spacial score (nSPS) is 15.7. The number of carbonyl (C=O) groups excluding carboxylic acids is 1. The number of benzene rings is 1. The van der Waals surface area contributed by atoms with Gasteiger partial charge in [0.15, 0.2) is 0 Å². The molecule has 1 aromatic heterocycles. The van der Waals surface area contributed by atoms with Gasteiger partial charge in [0, 0.05) is 46.4 Å². The summed E-state index contributed by atoms with van der Waals surface area (Å²) in [4.78, 5) is 19.3. The number of amides is 1. The zero-order valence-electron chi connectivity index (χ0n) is 16.0. The van der Waals surface area contributed by atoms with Crippen molar-refractivity contribution < 1.29 is 13.9 Å². The van der Waals surface area contributed by atoms with Gasteiger partial charge < -0.3 is 14.1 Å². The minimum absolute atomic E-state index is 0.125. The van der Waals surface area contributed by atoms with Crippen LogP contribution in [-0.2, 0) is 22.6 Å². The first-order valence-corrected chi connectivity index (χ1v) is 9.52. The van der Waals surface area contributed by atoms with Crippen LogP contribution in [0.2, 0.25) is 0 Å². The Hall–Kier alpha value is -2.15. The van der Waals surface area contributed by atoms with Gasteiger partial charge in [-0.3, -0.25) is 14.6 Å². The highest BCUT2D eigenvalue weighted by atomic mass is 16.5. The van der Waals surface area contributed by atoms with Crippen LogP contribution in [0.15, 0.2) is 53.1 Å². The molecule has 1 saturated heterocycles. The molecule has 1 aromatic carbocycles. The fraction of sp³-hybridized carbons (Fsp3) is 0.476. The topological polar surface area (TPSA) is 49.2 Å². The van der Waals surface area contributed by atoms with Crippen LogP contribution >= 0.6 is 0 Å². The average molecular weight is 371 g/mol. The van der Waals surface area contributed by atoms with E-state index in [1.807, 2.05) is 23.1 Å². The van der Waals surface area contributed by atoms with E-state index in [4.69, 9.17) is 9.15 Å². The monoisotopic (exact) mass is 371 g/mol. The number of carbonyl (C=O) groups is 1. The number of ether oxygens (including phenoxy) is 1. The van der Waals surface area contributed by atoms with Crippen molar-refractivity contribution in [3.05, 3.63) is 60.1 Å². The predicted octanol–water partition coefficient (Wildman–Crippen LogP) is 2.07. The van der Waals surface area contributed by atoms with Crippen molar-refractivity contribution in [2.45, 2.75) is 13.1 Å². The number of hydrogen-bond donors (Lipinski definition) is 0. The Morgan fingerprint density at radius 3 is 2.48 bits per heavy atom. The summed E-state index contributed by atoms with van der Waals surface area (Å²) in [5, 5.41) is 0. The summed E-state index contributed by atoms with van der Waals surface area (Å²) < 4.78 is 10.6. The van der Waals surface area contributed by atoms with Gasteiger partial charge in [0.05, 0.1) is 26.0 Å². The van der Waals surface area contributed by atoms with Crippen LogP contribution in [0.3, 0.4) is 0 Å². The summed E-state index contributed by atoms with van der Waals surface area (Å²) in [7, 11) is 1.65. The van der Waals surface area contributed by atoms with Crippen LogP contribution in [0.1, 0.15) is 11.3 Å². The summed E-state index contributed by atoms with van der Waals surface area (Å²) in [6, 6.07) is 14.3. The molecule has 2 aromatic rings. The van der Waals surface area contributed by atoms with E-state index in [1.165, 1.54) is 5.56 Å². The Bertz CT molecular complexity index is 667. The Balaban J connectivity index is 1.46. The third-order valence-corrected chi connectivity index (χ3v) is 4.92. The second-order valence-electron chi connectivity index (χ2n) is 6.93. The molecule has 2 heterocycles. The maximum Gasteiger partial charge on any atom is 0.237 e. The highest BCUT2D eigenvalue weighted by molar-refractivity contribution is 5.78. The van der Waals surface area contributed by atoms with Gasteiger partial charge in [-0.25, -0.2) is 0 Å². The molecule has 146 valence electrons. The van der Waals surface area contributed by atoms with E-state index < -0.39 is 0 Å². The largest absolute Gasteiger partial charge is 0.467 e. The van der Waals surface area contributed by atoms with Crippen molar-refractivity contribution in [3.63, 3.8) is 0 Å². The molecule has 1 aliphatic rings. The maximum atomic E-state index is 12.8. The van der Waals surface area contributed by atoms with Crippen LogP contribution in [-0.4, -0.2) is 73.6 Å². The third-order valence-electron chi connectivity index (χ3n) is 4.92. The van der Waals surface area contributed by atoms with E-state index in [1.54, 1.807) is 13.4 Å². The fourth-order valence-corrected chi connectivity index (χ4v) is 3.32. The molecule has 0 N–H and O–H groups in total. The number of piperazine rings is 1. The average Bonchev–Trinajstić information content (AvgIpc) is 3.20. The first-order valence-electron chi connectivity index (χ1n) is 9.52.